The average molecular weight is 466 g/mol. The summed E-state index contributed by atoms with van der Waals surface area (Å²) in [6, 6.07) is 16.9. The number of nitrogens with zero attached hydrogens (tertiary/aromatic N) is 5. The van der Waals surface area contributed by atoms with Crippen LogP contribution in [0.3, 0.4) is 0 Å². The molecular formula is C29H28FN5. The highest BCUT2D eigenvalue weighted by molar-refractivity contribution is 5.44. The van der Waals surface area contributed by atoms with E-state index in [9.17, 15) is 4.39 Å². The van der Waals surface area contributed by atoms with Crippen LogP contribution in [0.4, 0.5) is 4.39 Å². The van der Waals surface area contributed by atoms with Gasteiger partial charge in [0.15, 0.2) is 0 Å². The van der Waals surface area contributed by atoms with Crippen LogP contribution in [0.25, 0.3) is 5.69 Å². The minimum absolute atomic E-state index is 0.242. The molecule has 0 radical (unpaired) electrons. The zero-order chi connectivity index (χ0) is 25.9. The third-order valence-electron chi connectivity index (χ3n) is 3.67. The van der Waals surface area contributed by atoms with Gasteiger partial charge < -0.3 is 0 Å². The number of halogens is 1. The number of benzene rings is 1. The lowest BCUT2D eigenvalue weighted by atomic mass is 10.2. The molecule has 0 aliphatic rings. The molecule has 0 spiro atoms. The monoisotopic (exact) mass is 465 g/mol. The van der Waals surface area contributed by atoms with Gasteiger partial charge in [-0.1, -0.05) is 58.1 Å². The normalized spacial score (nSPS) is 8.54. The minimum Gasteiger partial charge on any atom is -0.248 e. The fraction of sp³-hybridized carbons (Fsp3) is 0.172. The van der Waals surface area contributed by atoms with E-state index in [1.165, 1.54) is 23.2 Å². The molecule has 0 amide bonds. The molecule has 6 heteroatoms. The van der Waals surface area contributed by atoms with Gasteiger partial charge in [0.2, 0.25) is 0 Å². The zero-order valence-corrected chi connectivity index (χ0v) is 20.4. The second-order valence-corrected chi connectivity index (χ2v) is 6.51. The first-order chi connectivity index (χ1) is 17.1. The third-order valence-corrected chi connectivity index (χ3v) is 3.67. The van der Waals surface area contributed by atoms with E-state index in [2.05, 4.69) is 46.7 Å². The molecule has 0 N–H and O–H groups in total. The molecule has 0 saturated heterocycles. The molecule has 5 nitrogen and oxygen atoms in total. The van der Waals surface area contributed by atoms with Gasteiger partial charge in [0.25, 0.3) is 0 Å². The molecule has 0 aliphatic carbocycles. The maximum Gasteiger partial charge on any atom is 0.126 e. The number of terminal acetylenes is 1. The molecular weight excluding hydrogens is 437 g/mol. The Kier molecular flexibility index (Phi) is 13.6. The Morgan fingerprint density at radius 1 is 0.914 bits per heavy atom. The molecule has 4 rings (SSSR count). The van der Waals surface area contributed by atoms with Crippen LogP contribution in [0.5, 0.6) is 0 Å². The maximum atomic E-state index is 13.4. The molecule has 35 heavy (non-hydrogen) atoms. The molecule has 0 aliphatic heterocycles. The smallest absolute Gasteiger partial charge is 0.126 e. The number of pyridine rings is 2. The Labute approximate surface area is 207 Å². The molecule has 1 aromatic carbocycles. The highest BCUT2D eigenvalue weighted by Gasteiger charge is 2.04. The summed E-state index contributed by atoms with van der Waals surface area (Å²) >= 11 is 0. The SMILES string of the molecule is C#Cc1ccccn1.CC.CCC.N#Cc1cc(F)cc(-n2cc(C#Cc3ccccn3)cn2)c1. The van der Waals surface area contributed by atoms with Crippen LogP contribution in [0, 0.1) is 41.3 Å². The maximum absolute atomic E-state index is 13.4. The van der Waals surface area contributed by atoms with E-state index in [-0.39, 0.29) is 5.56 Å². The number of aromatic nitrogens is 4. The van der Waals surface area contributed by atoms with Crippen LogP contribution >= 0.6 is 0 Å². The van der Waals surface area contributed by atoms with Crippen molar-refractivity contribution in [1.29, 1.82) is 5.26 Å². The Hall–Kier alpha value is -4.73. The Balaban J connectivity index is 0.000000391. The first-order valence-corrected chi connectivity index (χ1v) is 11.2. The van der Waals surface area contributed by atoms with Crippen molar-refractivity contribution in [2.45, 2.75) is 34.1 Å². The lowest BCUT2D eigenvalue weighted by molar-refractivity contribution is 0.625. The van der Waals surface area contributed by atoms with Crippen LogP contribution in [0.1, 0.15) is 56.6 Å². The number of nitriles is 1. The van der Waals surface area contributed by atoms with Gasteiger partial charge >= 0.3 is 0 Å². The largest absolute Gasteiger partial charge is 0.248 e. The van der Waals surface area contributed by atoms with Gasteiger partial charge in [0, 0.05) is 18.6 Å². The second kappa shape index (κ2) is 16.8. The van der Waals surface area contributed by atoms with Crippen molar-refractivity contribution in [1.82, 2.24) is 19.7 Å². The third kappa shape index (κ3) is 10.6. The predicted molar refractivity (Wildman–Crippen MR) is 138 cm³/mol. The van der Waals surface area contributed by atoms with Crippen molar-refractivity contribution in [3.63, 3.8) is 0 Å². The van der Waals surface area contributed by atoms with Crippen molar-refractivity contribution in [3.8, 4) is 35.9 Å². The molecule has 0 bridgehead atoms. The van der Waals surface area contributed by atoms with Crippen LogP contribution in [0.2, 0.25) is 0 Å². The van der Waals surface area contributed by atoms with Crippen molar-refractivity contribution in [3.05, 3.63) is 108 Å². The summed E-state index contributed by atoms with van der Waals surface area (Å²) < 4.78 is 14.9. The summed E-state index contributed by atoms with van der Waals surface area (Å²) in [5.74, 6) is 7.79. The van der Waals surface area contributed by atoms with E-state index >= 15 is 0 Å². The summed E-state index contributed by atoms with van der Waals surface area (Å²) in [5, 5.41) is 13.0. The lowest BCUT2D eigenvalue weighted by Crippen LogP contribution is -1.96. The van der Waals surface area contributed by atoms with E-state index in [0.29, 0.717) is 22.6 Å². The topological polar surface area (TPSA) is 67.4 Å². The van der Waals surface area contributed by atoms with Gasteiger partial charge in [-0.25, -0.2) is 19.0 Å². The second-order valence-electron chi connectivity index (χ2n) is 6.51. The van der Waals surface area contributed by atoms with Gasteiger partial charge in [-0.2, -0.15) is 10.4 Å². The van der Waals surface area contributed by atoms with Gasteiger partial charge in [-0.05, 0) is 48.4 Å². The van der Waals surface area contributed by atoms with Gasteiger partial charge in [-0.15, -0.1) is 6.42 Å². The van der Waals surface area contributed by atoms with Gasteiger partial charge in [0.1, 0.15) is 17.2 Å². The Bertz CT molecular complexity index is 1290. The van der Waals surface area contributed by atoms with E-state index < -0.39 is 5.82 Å². The average Bonchev–Trinajstić information content (AvgIpc) is 3.39. The minimum atomic E-state index is -0.481. The van der Waals surface area contributed by atoms with Crippen LogP contribution in [-0.2, 0) is 0 Å². The van der Waals surface area contributed by atoms with E-state index in [1.807, 2.05) is 50.2 Å². The van der Waals surface area contributed by atoms with E-state index in [0.717, 1.165) is 0 Å². The summed E-state index contributed by atoms with van der Waals surface area (Å²) in [4.78, 5) is 7.97. The molecule has 3 heterocycles. The highest BCUT2D eigenvalue weighted by Crippen LogP contribution is 2.13. The quantitative estimate of drug-likeness (QED) is 0.315. The van der Waals surface area contributed by atoms with Gasteiger partial charge in [0.05, 0.1) is 29.1 Å². The first-order valence-electron chi connectivity index (χ1n) is 11.2. The number of hydrogen-bond acceptors (Lipinski definition) is 4. The van der Waals surface area contributed by atoms with Gasteiger partial charge in [-0.3, -0.25) is 0 Å². The van der Waals surface area contributed by atoms with E-state index in [1.54, 1.807) is 36.9 Å². The fourth-order valence-electron chi connectivity index (χ4n) is 2.32. The summed E-state index contributed by atoms with van der Waals surface area (Å²) in [6.07, 6.45) is 12.9. The van der Waals surface area contributed by atoms with Crippen molar-refractivity contribution < 1.29 is 4.39 Å². The predicted octanol–water partition coefficient (Wildman–Crippen LogP) is 6.18. The summed E-state index contributed by atoms with van der Waals surface area (Å²) in [7, 11) is 0. The standard InChI is InChI=1S/C17H9FN4.C7H5N.C3H8.C2H6/c18-15-7-14(10-19)8-17(9-15)22-12-13(11-21-22)4-5-16-3-1-2-6-20-16;1-2-7-5-3-4-6-8-7;1-3-2;1-2/h1-3,6-9,11-12H;1,3-6H;3H2,1-2H3;1-2H3. The first kappa shape index (κ1) is 28.3. The molecule has 3 aromatic heterocycles. The molecule has 0 saturated carbocycles. The highest BCUT2D eigenvalue weighted by atomic mass is 19.1. The molecule has 0 atom stereocenters. The van der Waals surface area contributed by atoms with Crippen LogP contribution in [0.15, 0.2) is 79.4 Å². The molecule has 176 valence electrons. The van der Waals surface area contributed by atoms with Crippen molar-refractivity contribution in [2.24, 2.45) is 0 Å². The number of rotatable bonds is 1. The summed E-state index contributed by atoms with van der Waals surface area (Å²) in [5.41, 5.74) is 2.74. The fourth-order valence-corrected chi connectivity index (χ4v) is 2.32. The van der Waals surface area contributed by atoms with Crippen LogP contribution in [-0.4, -0.2) is 19.7 Å². The van der Waals surface area contributed by atoms with Crippen LogP contribution < -0.4 is 0 Å². The zero-order valence-electron chi connectivity index (χ0n) is 20.4. The Morgan fingerprint density at radius 3 is 2.06 bits per heavy atom. The Morgan fingerprint density at radius 2 is 1.54 bits per heavy atom. The molecule has 0 fully saturated rings. The lowest BCUT2D eigenvalue weighted by Gasteiger charge is -2.01. The molecule has 0 unspecified atom stereocenters. The van der Waals surface area contributed by atoms with Crippen molar-refractivity contribution >= 4 is 0 Å². The summed E-state index contributed by atoms with van der Waals surface area (Å²) in [6.45, 7) is 8.25. The molecule has 4 aromatic rings. The van der Waals surface area contributed by atoms with E-state index in [4.69, 9.17) is 11.7 Å². The number of hydrogen-bond donors (Lipinski definition) is 0. The van der Waals surface area contributed by atoms with Crippen molar-refractivity contribution in [2.75, 3.05) is 0 Å².